The minimum Gasteiger partial charge on any atom is -0.454 e. The van der Waals surface area contributed by atoms with Gasteiger partial charge in [0.15, 0.2) is 11.9 Å². The molecule has 6 nitrogen and oxygen atoms in total. The Kier molecular flexibility index (Phi) is 5.49. The van der Waals surface area contributed by atoms with Crippen molar-refractivity contribution in [1.82, 2.24) is 9.97 Å². The Morgan fingerprint density at radius 2 is 1.86 bits per heavy atom. The van der Waals surface area contributed by atoms with E-state index >= 15 is 0 Å². The summed E-state index contributed by atoms with van der Waals surface area (Å²) in [5.41, 5.74) is 4.13. The average Bonchev–Trinajstić information content (AvgIpc) is 3.19. The van der Waals surface area contributed by atoms with Gasteiger partial charge < -0.3 is 14.7 Å². The molecule has 2 heterocycles. The summed E-state index contributed by atoms with van der Waals surface area (Å²) in [5.74, 6) is -0.874. The number of carbonyl (C=O) groups excluding carboxylic acids is 3. The van der Waals surface area contributed by atoms with Crippen LogP contribution < -0.4 is 0 Å². The molecular formula is C22H24N2O4. The van der Waals surface area contributed by atoms with Gasteiger partial charge in [0, 0.05) is 34.8 Å². The van der Waals surface area contributed by atoms with Gasteiger partial charge in [0.05, 0.1) is 5.69 Å². The van der Waals surface area contributed by atoms with Crippen LogP contribution in [0.1, 0.15) is 57.9 Å². The summed E-state index contributed by atoms with van der Waals surface area (Å²) in [6, 6.07) is 7.89. The Morgan fingerprint density at radius 1 is 1.14 bits per heavy atom. The lowest BCUT2D eigenvalue weighted by molar-refractivity contribution is -0.146. The van der Waals surface area contributed by atoms with Crippen molar-refractivity contribution in [3.05, 3.63) is 58.5 Å². The number of aryl methyl sites for hydroxylation is 2. The fourth-order valence-corrected chi connectivity index (χ4v) is 3.61. The first-order valence-corrected chi connectivity index (χ1v) is 9.28. The van der Waals surface area contributed by atoms with Crippen LogP contribution >= 0.6 is 0 Å². The summed E-state index contributed by atoms with van der Waals surface area (Å²) in [4.78, 5) is 42.8. The van der Waals surface area contributed by atoms with E-state index in [2.05, 4.69) is 9.97 Å². The molecule has 3 rings (SSSR count). The number of ketones is 2. The largest absolute Gasteiger partial charge is 0.454 e. The molecule has 0 aliphatic heterocycles. The number of fused-ring (bicyclic) bond motifs is 1. The second-order valence-corrected chi connectivity index (χ2v) is 7.04. The molecule has 0 aliphatic rings. The van der Waals surface area contributed by atoms with E-state index in [1.165, 1.54) is 6.92 Å². The number of H-pyrrole nitrogens is 2. The molecule has 0 fully saturated rings. The van der Waals surface area contributed by atoms with Gasteiger partial charge in [0.2, 0.25) is 5.78 Å². The molecule has 2 N–H and O–H groups in total. The maximum atomic E-state index is 12.7. The van der Waals surface area contributed by atoms with E-state index < -0.39 is 12.1 Å². The predicted molar refractivity (Wildman–Crippen MR) is 107 cm³/mol. The molecule has 2 aromatic heterocycles. The van der Waals surface area contributed by atoms with E-state index in [9.17, 15) is 14.4 Å². The fraction of sp³-hybridized carbons (Fsp3) is 0.318. The first-order valence-electron chi connectivity index (χ1n) is 9.28. The van der Waals surface area contributed by atoms with Crippen LogP contribution in [0.5, 0.6) is 0 Å². The molecule has 3 aromatic rings. The van der Waals surface area contributed by atoms with Gasteiger partial charge in [-0.05, 0) is 51.3 Å². The third kappa shape index (κ3) is 3.76. The standard InChI is InChI=1S/C22H24N2O4/c1-12-20(14(3)25)13(2)24-21(12)22(27)15(4)28-19(26)10-9-16-11-23-18-8-6-5-7-17(16)18/h5-8,11,15,23-24H,9-10H2,1-4H3/t15-/m1/s1. The van der Waals surface area contributed by atoms with E-state index in [1.807, 2.05) is 30.5 Å². The van der Waals surface area contributed by atoms with Gasteiger partial charge in [-0.25, -0.2) is 0 Å². The Bertz CT molecular complexity index is 1060. The Balaban J connectivity index is 1.63. The van der Waals surface area contributed by atoms with E-state index in [4.69, 9.17) is 4.74 Å². The van der Waals surface area contributed by atoms with Crippen LogP contribution in [0.15, 0.2) is 30.5 Å². The Hall–Kier alpha value is -3.15. The maximum absolute atomic E-state index is 12.7. The van der Waals surface area contributed by atoms with Crippen molar-refractivity contribution in [2.45, 2.75) is 46.6 Å². The number of aromatic nitrogens is 2. The van der Waals surface area contributed by atoms with E-state index in [0.717, 1.165) is 16.5 Å². The van der Waals surface area contributed by atoms with Crippen molar-refractivity contribution in [2.75, 3.05) is 0 Å². The monoisotopic (exact) mass is 380 g/mol. The number of aromatic amines is 2. The van der Waals surface area contributed by atoms with Crippen molar-refractivity contribution < 1.29 is 19.1 Å². The van der Waals surface area contributed by atoms with Gasteiger partial charge in [-0.2, -0.15) is 0 Å². The highest BCUT2D eigenvalue weighted by molar-refractivity contribution is 6.05. The van der Waals surface area contributed by atoms with Crippen LogP contribution in [0.25, 0.3) is 10.9 Å². The zero-order valence-corrected chi connectivity index (χ0v) is 16.5. The highest BCUT2D eigenvalue weighted by Crippen LogP contribution is 2.21. The fourth-order valence-electron chi connectivity index (χ4n) is 3.61. The first-order chi connectivity index (χ1) is 13.3. The second kappa shape index (κ2) is 7.84. The van der Waals surface area contributed by atoms with Gasteiger partial charge >= 0.3 is 5.97 Å². The summed E-state index contributed by atoms with van der Waals surface area (Å²) in [5, 5.41) is 1.08. The van der Waals surface area contributed by atoms with Crippen LogP contribution in [-0.2, 0) is 16.0 Å². The third-order valence-electron chi connectivity index (χ3n) is 4.99. The van der Waals surface area contributed by atoms with Gasteiger partial charge in [-0.15, -0.1) is 0 Å². The highest BCUT2D eigenvalue weighted by Gasteiger charge is 2.25. The molecule has 1 aromatic carbocycles. The molecular weight excluding hydrogens is 356 g/mol. The van der Waals surface area contributed by atoms with Crippen LogP contribution in [-0.4, -0.2) is 33.6 Å². The van der Waals surface area contributed by atoms with Crippen LogP contribution in [0.4, 0.5) is 0 Å². The minimum absolute atomic E-state index is 0.103. The summed E-state index contributed by atoms with van der Waals surface area (Å²) in [6.07, 6.45) is 1.67. The Labute approximate surface area is 163 Å². The SMILES string of the molecule is CC(=O)c1c(C)[nH]c(C(=O)[C@@H](C)OC(=O)CCc2c[nH]c3ccccc23)c1C. The summed E-state index contributed by atoms with van der Waals surface area (Å²) < 4.78 is 5.34. The predicted octanol–water partition coefficient (Wildman–Crippen LogP) is 4.06. The number of hydrogen-bond donors (Lipinski definition) is 2. The lowest BCUT2D eigenvalue weighted by Gasteiger charge is -2.12. The molecule has 0 radical (unpaired) electrons. The lowest BCUT2D eigenvalue weighted by Crippen LogP contribution is -2.25. The van der Waals surface area contributed by atoms with Crippen LogP contribution in [0.2, 0.25) is 0 Å². The zero-order valence-electron chi connectivity index (χ0n) is 16.5. The van der Waals surface area contributed by atoms with Crippen LogP contribution in [0.3, 0.4) is 0 Å². The quantitative estimate of drug-likeness (QED) is 0.477. The lowest BCUT2D eigenvalue weighted by atomic mass is 10.0. The van der Waals surface area contributed by atoms with Gasteiger partial charge in [0.25, 0.3) is 0 Å². The number of hydrogen-bond acceptors (Lipinski definition) is 4. The number of nitrogens with one attached hydrogen (secondary N) is 2. The number of ether oxygens (including phenoxy) is 1. The number of esters is 1. The molecule has 146 valence electrons. The van der Waals surface area contributed by atoms with Crippen LogP contribution in [0, 0.1) is 13.8 Å². The molecule has 0 bridgehead atoms. The summed E-state index contributed by atoms with van der Waals surface area (Å²) in [6.45, 7) is 6.48. The molecule has 0 spiro atoms. The average molecular weight is 380 g/mol. The van der Waals surface area contributed by atoms with E-state index in [-0.39, 0.29) is 18.0 Å². The zero-order chi connectivity index (χ0) is 20.4. The molecule has 0 saturated heterocycles. The van der Waals surface area contributed by atoms with Crippen molar-refractivity contribution in [1.29, 1.82) is 0 Å². The number of benzene rings is 1. The third-order valence-corrected chi connectivity index (χ3v) is 4.99. The van der Waals surface area contributed by atoms with Crippen molar-refractivity contribution in [3.63, 3.8) is 0 Å². The Morgan fingerprint density at radius 3 is 2.54 bits per heavy atom. The van der Waals surface area contributed by atoms with Crippen molar-refractivity contribution >= 4 is 28.4 Å². The van der Waals surface area contributed by atoms with Gasteiger partial charge in [-0.3, -0.25) is 14.4 Å². The number of rotatable bonds is 7. The molecule has 6 heteroatoms. The van der Waals surface area contributed by atoms with Crippen molar-refractivity contribution in [2.24, 2.45) is 0 Å². The molecule has 0 saturated carbocycles. The number of Topliss-reactive ketones (excluding diaryl/α,β-unsaturated/α-hetero) is 2. The molecule has 28 heavy (non-hydrogen) atoms. The van der Waals surface area contributed by atoms with Gasteiger partial charge in [-0.1, -0.05) is 18.2 Å². The number of carbonyl (C=O) groups is 3. The number of para-hydroxylation sites is 1. The van der Waals surface area contributed by atoms with Crippen molar-refractivity contribution in [3.8, 4) is 0 Å². The highest BCUT2D eigenvalue weighted by atomic mass is 16.5. The van der Waals surface area contributed by atoms with E-state index in [0.29, 0.717) is 28.9 Å². The van der Waals surface area contributed by atoms with E-state index in [1.54, 1.807) is 20.8 Å². The minimum atomic E-state index is -0.924. The summed E-state index contributed by atoms with van der Waals surface area (Å²) in [7, 11) is 0. The van der Waals surface area contributed by atoms with Gasteiger partial charge in [0.1, 0.15) is 0 Å². The normalized spacial score (nSPS) is 12.1. The topological polar surface area (TPSA) is 92.0 Å². The molecule has 0 unspecified atom stereocenters. The summed E-state index contributed by atoms with van der Waals surface area (Å²) >= 11 is 0. The molecule has 0 amide bonds. The second-order valence-electron chi connectivity index (χ2n) is 7.04. The smallest absolute Gasteiger partial charge is 0.306 e. The molecule has 0 aliphatic carbocycles. The maximum Gasteiger partial charge on any atom is 0.306 e. The first kappa shape index (κ1) is 19.6. The molecule has 1 atom stereocenters.